The summed E-state index contributed by atoms with van der Waals surface area (Å²) in [5.74, 6) is -1.19. The lowest BCUT2D eigenvalue weighted by atomic mass is 10.1. The van der Waals surface area contributed by atoms with Crippen molar-refractivity contribution in [1.82, 2.24) is 0 Å². The third-order valence-electron chi connectivity index (χ3n) is 3.67. The largest absolute Gasteiger partial charge is 0.322 e. The monoisotopic (exact) mass is 445 g/mol. The number of carbonyl (C=O) groups excluding carboxylic acids is 3. The van der Waals surface area contributed by atoms with E-state index in [1.807, 2.05) is 0 Å². The standard InChI is InChI=1S/C19H16BrN3O5/c1-11(19(26)21-14-5-3-13(4-6-14)12(2)24)9-18(25)22-17-10-15(23(27)28)7-8-16(17)20/h3-10H,1-2H3,(H,21,26)(H,22,25)/b11-9-. The van der Waals surface area contributed by atoms with Crippen LogP contribution in [-0.2, 0) is 9.59 Å². The maximum Gasteiger partial charge on any atom is 0.271 e. The maximum atomic E-state index is 12.2. The summed E-state index contributed by atoms with van der Waals surface area (Å²) in [7, 11) is 0. The highest BCUT2D eigenvalue weighted by Gasteiger charge is 2.12. The van der Waals surface area contributed by atoms with Crippen molar-refractivity contribution in [2.45, 2.75) is 13.8 Å². The Labute approximate surface area is 168 Å². The number of non-ortho nitro benzene ring substituents is 1. The van der Waals surface area contributed by atoms with E-state index in [0.29, 0.717) is 15.7 Å². The smallest absolute Gasteiger partial charge is 0.271 e. The number of nitrogens with one attached hydrogen (secondary N) is 2. The van der Waals surface area contributed by atoms with Crippen LogP contribution in [-0.4, -0.2) is 22.5 Å². The maximum absolute atomic E-state index is 12.2. The Bertz CT molecular complexity index is 984. The molecule has 0 bridgehead atoms. The number of nitrogens with zero attached hydrogens (tertiary/aromatic N) is 1. The Hall–Kier alpha value is -3.33. The van der Waals surface area contributed by atoms with E-state index in [4.69, 9.17) is 0 Å². The van der Waals surface area contributed by atoms with Crippen molar-refractivity contribution in [3.63, 3.8) is 0 Å². The SMILES string of the molecule is CC(=O)c1ccc(NC(=O)/C(C)=C\C(=O)Nc2cc([N+](=O)[O-])ccc2Br)cc1. The van der Waals surface area contributed by atoms with Crippen molar-refractivity contribution < 1.29 is 19.3 Å². The van der Waals surface area contributed by atoms with E-state index in [1.165, 1.54) is 32.0 Å². The van der Waals surface area contributed by atoms with Gasteiger partial charge in [-0.25, -0.2) is 0 Å². The molecule has 9 heteroatoms. The first-order chi connectivity index (χ1) is 13.2. The number of Topliss-reactive ketones (excluding diaryl/α,β-unsaturated/α-hetero) is 1. The lowest BCUT2D eigenvalue weighted by molar-refractivity contribution is -0.384. The van der Waals surface area contributed by atoms with Gasteiger partial charge in [0.05, 0.1) is 10.6 Å². The fourth-order valence-corrected chi connectivity index (χ4v) is 2.52. The highest BCUT2D eigenvalue weighted by Crippen LogP contribution is 2.27. The number of halogens is 1. The van der Waals surface area contributed by atoms with Crippen LogP contribution in [0, 0.1) is 10.1 Å². The average molecular weight is 446 g/mol. The number of hydrogen-bond acceptors (Lipinski definition) is 5. The third-order valence-corrected chi connectivity index (χ3v) is 4.37. The van der Waals surface area contributed by atoms with Crippen LogP contribution >= 0.6 is 15.9 Å². The molecule has 0 spiro atoms. The van der Waals surface area contributed by atoms with E-state index < -0.39 is 16.7 Å². The molecule has 144 valence electrons. The first-order valence-electron chi connectivity index (χ1n) is 8.03. The van der Waals surface area contributed by atoms with E-state index >= 15 is 0 Å². The second kappa shape index (κ2) is 9.05. The van der Waals surface area contributed by atoms with Crippen LogP contribution in [0.25, 0.3) is 0 Å². The van der Waals surface area contributed by atoms with Crippen molar-refractivity contribution in [3.05, 3.63) is 74.3 Å². The minimum absolute atomic E-state index is 0.0852. The Kier molecular flexibility index (Phi) is 6.78. The Balaban J connectivity index is 2.06. The van der Waals surface area contributed by atoms with Gasteiger partial charge in [0.25, 0.3) is 11.6 Å². The summed E-state index contributed by atoms with van der Waals surface area (Å²) in [6, 6.07) is 10.3. The summed E-state index contributed by atoms with van der Waals surface area (Å²) in [6.45, 7) is 2.90. The molecule has 2 aromatic rings. The number of anilines is 2. The van der Waals surface area contributed by atoms with Gasteiger partial charge in [-0.1, -0.05) is 0 Å². The number of benzene rings is 2. The number of nitro benzene ring substituents is 1. The first-order valence-corrected chi connectivity index (χ1v) is 8.82. The summed E-state index contributed by atoms with van der Waals surface area (Å²) < 4.78 is 0.465. The van der Waals surface area contributed by atoms with Crippen LogP contribution in [0.3, 0.4) is 0 Å². The summed E-state index contributed by atoms with van der Waals surface area (Å²) in [5.41, 5.74) is 1.17. The van der Waals surface area contributed by atoms with Gasteiger partial charge in [-0.3, -0.25) is 24.5 Å². The summed E-state index contributed by atoms with van der Waals surface area (Å²) in [6.07, 6.45) is 1.09. The van der Waals surface area contributed by atoms with Crippen LogP contribution in [0.4, 0.5) is 17.1 Å². The van der Waals surface area contributed by atoms with Crippen molar-refractivity contribution in [2.24, 2.45) is 0 Å². The van der Waals surface area contributed by atoms with E-state index in [0.717, 1.165) is 6.08 Å². The number of carbonyl (C=O) groups is 3. The molecule has 2 N–H and O–H groups in total. The molecule has 0 atom stereocenters. The molecule has 0 aromatic heterocycles. The Morgan fingerprint density at radius 1 is 1.04 bits per heavy atom. The number of ketones is 1. The molecule has 0 saturated carbocycles. The van der Waals surface area contributed by atoms with Gasteiger partial charge in [-0.05, 0) is 60.1 Å². The zero-order valence-corrected chi connectivity index (χ0v) is 16.6. The molecule has 0 aliphatic heterocycles. The molecule has 2 rings (SSSR count). The molecule has 2 amide bonds. The fraction of sp³-hybridized carbons (Fsp3) is 0.105. The second-order valence-electron chi connectivity index (χ2n) is 5.83. The second-order valence-corrected chi connectivity index (χ2v) is 6.68. The highest BCUT2D eigenvalue weighted by molar-refractivity contribution is 9.10. The molecule has 28 heavy (non-hydrogen) atoms. The topological polar surface area (TPSA) is 118 Å². The van der Waals surface area contributed by atoms with Crippen LogP contribution in [0.1, 0.15) is 24.2 Å². The normalized spacial score (nSPS) is 10.9. The van der Waals surface area contributed by atoms with Gasteiger partial charge < -0.3 is 10.6 Å². The Morgan fingerprint density at radius 2 is 1.68 bits per heavy atom. The molecule has 8 nitrogen and oxygen atoms in total. The molecule has 0 saturated heterocycles. The molecule has 0 radical (unpaired) electrons. The predicted octanol–water partition coefficient (Wildman–Crippen LogP) is 4.08. The van der Waals surface area contributed by atoms with E-state index in [1.54, 1.807) is 24.3 Å². The van der Waals surface area contributed by atoms with Crippen molar-refractivity contribution >= 4 is 50.6 Å². The predicted molar refractivity (Wildman–Crippen MR) is 108 cm³/mol. The molecule has 0 aliphatic carbocycles. The number of rotatable bonds is 6. The molecule has 0 unspecified atom stereocenters. The van der Waals surface area contributed by atoms with E-state index in [2.05, 4.69) is 26.6 Å². The van der Waals surface area contributed by atoms with Gasteiger partial charge in [0.2, 0.25) is 5.91 Å². The van der Waals surface area contributed by atoms with Gasteiger partial charge in [0.1, 0.15) is 0 Å². The fourth-order valence-electron chi connectivity index (χ4n) is 2.17. The molecule has 2 aromatic carbocycles. The number of hydrogen-bond donors (Lipinski definition) is 2. The highest BCUT2D eigenvalue weighted by atomic mass is 79.9. The molecule has 0 fully saturated rings. The van der Waals surface area contributed by atoms with Gasteiger partial charge in [-0.2, -0.15) is 0 Å². The zero-order valence-electron chi connectivity index (χ0n) is 15.0. The van der Waals surface area contributed by atoms with Crippen LogP contribution < -0.4 is 10.6 Å². The van der Waals surface area contributed by atoms with Crippen LogP contribution in [0.15, 0.2) is 58.6 Å². The lowest BCUT2D eigenvalue weighted by Gasteiger charge is -2.07. The first kappa shape index (κ1) is 21.0. The summed E-state index contributed by atoms with van der Waals surface area (Å²) >= 11 is 3.20. The average Bonchev–Trinajstić information content (AvgIpc) is 2.63. The summed E-state index contributed by atoms with van der Waals surface area (Å²) in [5, 5.41) is 15.9. The minimum atomic E-state index is -0.610. The lowest BCUT2D eigenvalue weighted by Crippen LogP contribution is -2.16. The Morgan fingerprint density at radius 3 is 2.25 bits per heavy atom. The molecule has 0 aliphatic rings. The van der Waals surface area contributed by atoms with Crippen molar-refractivity contribution in [3.8, 4) is 0 Å². The molecular formula is C19H16BrN3O5. The van der Waals surface area contributed by atoms with Gasteiger partial charge in [-0.15, -0.1) is 0 Å². The molecular weight excluding hydrogens is 430 g/mol. The van der Waals surface area contributed by atoms with Crippen LogP contribution in [0.2, 0.25) is 0 Å². The van der Waals surface area contributed by atoms with Gasteiger partial charge in [0, 0.05) is 39.5 Å². The van der Waals surface area contributed by atoms with Gasteiger partial charge >= 0.3 is 0 Å². The minimum Gasteiger partial charge on any atom is -0.322 e. The van der Waals surface area contributed by atoms with Gasteiger partial charge in [0.15, 0.2) is 5.78 Å². The third kappa shape index (κ3) is 5.58. The zero-order chi connectivity index (χ0) is 20.8. The van der Waals surface area contributed by atoms with Crippen LogP contribution in [0.5, 0.6) is 0 Å². The number of nitro groups is 1. The quantitative estimate of drug-likeness (QED) is 0.300. The number of amides is 2. The summed E-state index contributed by atoms with van der Waals surface area (Å²) in [4.78, 5) is 45.9. The molecule has 0 heterocycles. The van der Waals surface area contributed by atoms with Crippen molar-refractivity contribution in [2.75, 3.05) is 10.6 Å². The van der Waals surface area contributed by atoms with E-state index in [9.17, 15) is 24.5 Å². The van der Waals surface area contributed by atoms with E-state index in [-0.39, 0.29) is 22.7 Å². The van der Waals surface area contributed by atoms with Crippen molar-refractivity contribution in [1.29, 1.82) is 0 Å².